The molecule has 0 aliphatic carbocycles. The maximum absolute atomic E-state index is 10.8. The van der Waals surface area contributed by atoms with Gasteiger partial charge in [-0.3, -0.25) is 14.9 Å². The van der Waals surface area contributed by atoms with Gasteiger partial charge in [0.05, 0.1) is 10.6 Å². The number of hydrogen-bond acceptors (Lipinski definition) is 4. The number of unbranched alkanes of at least 4 members (excludes halogenated alkanes) is 1. The van der Waals surface area contributed by atoms with Crippen LogP contribution in [0.15, 0.2) is 16.6 Å². The number of nitrogens with one attached hydrogen (secondary N) is 1. The molecular formula is C12H15BrN2O4. The third kappa shape index (κ3) is 4.86. The van der Waals surface area contributed by atoms with Crippen molar-refractivity contribution in [2.45, 2.75) is 26.2 Å². The molecule has 1 aromatic rings. The summed E-state index contributed by atoms with van der Waals surface area (Å²) >= 11 is 3.34. The molecule has 0 fully saturated rings. The van der Waals surface area contributed by atoms with Gasteiger partial charge in [-0.1, -0.05) is 0 Å². The molecule has 0 bridgehead atoms. The number of carbonyl (C=O) groups is 1. The van der Waals surface area contributed by atoms with E-state index < -0.39 is 10.9 Å². The van der Waals surface area contributed by atoms with Gasteiger partial charge >= 0.3 is 5.97 Å². The summed E-state index contributed by atoms with van der Waals surface area (Å²) in [7, 11) is 0. The monoisotopic (exact) mass is 330 g/mol. The van der Waals surface area contributed by atoms with Crippen LogP contribution in [0, 0.1) is 17.0 Å². The maximum atomic E-state index is 10.8. The molecule has 19 heavy (non-hydrogen) atoms. The van der Waals surface area contributed by atoms with Gasteiger partial charge in [0.15, 0.2) is 0 Å². The average molecular weight is 331 g/mol. The summed E-state index contributed by atoms with van der Waals surface area (Å²) < 4.78 is 0.758. The van der Waals surface area contributed by atoms with Crippen LogP contribution >= 0.6 is 15.9 Å². The zero-order valence-electron chi connectivity index (χ0n) is 10.5. The summed E-state index contributed by atoms with van der Waals surface area (Å²) in [6.07, 6.45) is 1.41. The fraction of sp³-hybridized carbons (Fsp3) is 0.417. The number of nitro benzene ring substituents is 1. The van der Waals surface area contributed by atoms with Crippen LogP contribution in [0.1, 0.15) is 24.8 Å². The Morgan fingerprint density at radius 1 is 1.47 bits per heavy atom. The van der Waals surface area contributed by atoms with Gasteiger partial charge in [-0.25, -0.2) is 0 Å². The molecule has 2 N–H and O–H groups in total. The van der Waals surface area contributed by atoms with Crippen LogP contribution in [0.2, 0.25) is 0 Å². The van der Waals surface area contributed by atoms with E-state index in [1.807, 2.05) is 0 Å². The number of carboxylic acids is 1. The van der Waals surface area contributed by atoms with Crippen molar-refractivity contribution in [2.75, 3.05) is 11.9 Å². The minimum Gasteiger partial charge on any atom is -0.481 e. The van der Waals surface area contributed by atoms with Gasteiger partial charge in [-0.05, 0) is 41.8 Å². The largest absolute Gasteiger partial charge is 0.481 e. The molecule has 0 aromatic heterocycles. The van der Waals surface area contributed by atoms with Crippen LogP contribution in [0.3, 0.4) is 0 Å². The Balaban J connectivity index is 2.60. The fourth-order valence-corrected chi connectivity index (χ4v) is 2.22. The van der Waals surface area contributed by atoms with E-state index in [4.69, 9.17) is 5.11 Å². The van der Waals surface area contributed by atoms with Crippen molar-refractivity contribution in [3.8, 4) is 0 Å². The number of rotatable bonds is 7. The van der Waals surface area contributed by atoms with Gasteiger partial charge in [0, 0.05) is 29.1 Å². The number of anilines is 1. The zero-order valence-corrected chi connectivity index (χ0v) is 12.1. The first kappa shape index (κ1) is 15.4. The van der Waals surface area contributed by atoms with Crippen molar-refractivity contribution in [3.63, 3.8) is 0 Å². The lowest BCUT2D eigenvalue weighted by molar-refractivity contribution is -0.385. The first-order chi connectivity index (χ1) is 8.91. The van der Waals surface area contributed by atoms with Crippen LogP contribution in [0.5, 0.6) is 0 Å². The molecule has 0 saturated heterocycles. The predicted molar refractivity (Wildman–Crippen MR) is 75.5 cm³/mol. The Hall–Kier alpha value is -1.63. The van der Waals surface area contributed by atoms with Gasteiger partial charge in [-0.15, -0.1) is 0 Å². The molecule has 0 amide bonds. The second-order valence-corrected chi connectivity index (χ2v) is 5.01. The van der Waals surface area contributed by atoms with Gasteiger partial charge in [0.1, 0.15) is 0 Å². The average Bonchev–Trinajstić information content (AvgIpc) is 2.30. The minimum atomic E-state index is -0.813. The number of nitro groups is 1. The molecule has 1 rings (SSSR count). The number of benzene rings is 1. The Morgan fingerprint density at radius 3 is 2.74 bits per heavy atom. The van der Waals surface area contributed by atoms with E-state index in [2.05, 4.69) is 21.2 Å². The quantitative estimate of drug-likeness (QED) is 0.454. The van der Waals surface area contributed by atoms with Gasteiger partial charge < -0.3 is 10.4 Å². The third-order valence-corrected chi connectivity index (χ3v) is 3.27. The van der Waals surface area contributed by atoms with Crippen molar-refractivity contribution in [1.82, 2.24) is 0 Å². The Labute approximate surface area is 119 Å². The molecule has 0 aliphatic rings. The first-order valence-corrected chi connectivity index (χ1v) is 6.61. The highest BCUT2D eigenvalue weighted by atomic mass is 79.9. The van der Waals surface area contributed by atoms with E-state index in [1.54, 1.807) is 13.0 Å². The van der Waals surface area contributed by atoms with Gasteiger partial charge in [0.25, 0.3) is 5.69 Å². The molecule has 0 heterocycles. The van der Waals surface area contributed by atoms with Crippen molar-refractivity contribution < 1.29 is 14.8 Å². The SMILES string of the molecule is Cc1cc(Br)c(NCCCCC(=O)O)cc1[N+](=O)[O-]. The first-order valence-electron chi connectivity index (χ1n) is 5.82. The molecular weight excluding hydrogens is 316 g/mol. The summed E-state index contributed by atoms with van der Waals surface area (Å²) in [6, 6.07) is 3.17. The maximum Gasteiger partial charge on any atom is 0.303 e. The molecule has 6 nitrogen and oxygen atoms in total. The van der Waals surface area contributed by atoms with Gasteiger partial charge in [-0.2, -0.15) is 0 Å². The molecule has 0 saturated carbocycles. The van der Waals surface area contributed by atoms with E-state index in [0.717, 1.165) is 4.47 Å². The predicted octanol–water partition coefficient (Wildman–Crippen LogP) is 3.33. The lowest BCUT2D eigenvalue weighted by atomic mass is 10.2. The van der Waals surface area contributed by atoms with E-state index >= 15 is 0 Å². The van der Waals surface area contributed by atoms with Crippen molar-refractivity contribution in [2.24, 2.45) is 0 Å². The Morgan fingerprint density at radius 2 is 2.16 bits per heavy atom. The van der Waals surface area contributed by atoms with Crippen LogP contribution in [-0.4, -0.2) is 22.5 Å². The Bertz CT molecular complexity index is 491. The molecule has 0 unspecified atom stereocenters. The number of nitrogens with zero attached hydrogens (tertiary/aromatic N) is 1. The van der Waals surface area contributed by atoms with Crippen LogP contribution < -0.4 is 5.32 Å². The number of carboxylic acid groups (broad SMARTS) is 1. The van der Waals surface area contributed by atoms with E-state index in [-0.39, 0.29) is 12.1 Å². The molecule has 0 radical (unpaired) electrons. The second-order valence-electron chi connectivity index (χ2n) is 4.15. The summed E-state index contributed by atoms with van der Waals surface area (Å²) in [6.45, 7) is 2.26. The topological polar surface area (TPSA) is 92.5 Å². The Kier molecular flexibility index (Phi) is 5.75. The summed E-state index contributed by atoms with van der Waals surface area (Å²) in [4.78, 5) is 20.8. The minimum absolute atomic E-state index is 0.0660. The molecule has 0 atom stereocenters. The number of hydrogen-bond donors (Lipinski definition) is 2. The number of halogens is 1. The van der Waals surface area contributed by atoms with Crippen LogP contribution in [0.4, 0.5) is 11.4 Å². The van der Waals surface area contributed by atoms with E-state index in [1.165, 1.54) is 6.07 Å². The highest BCUT2D eigenvalue weighted by molar-refractivity contribution is 9.10. The summed E-state index contributed by atoms with van der Waals surface area (Å²) in [5, 5.41) is 22.4. The van der Waals surface area contributed by atoms with Crippen molar-refractivity contribution in [1.29, 1.82) is 0 Å². The summed E-state index contributed by atoms with van der Waals surface area (Å²) in [5.41, 5.74) is 1.30. The summed E-state index contributed by atoms with van der Waals surface area (Å²) in [5.74, 6) is -0.813. The normalized spacial score (nSPS) is 10.2. The molecule has 7 heteroatoms. The highest BCUT2D eigenvalue weighted by Crippen LogP contribution is 2.30. The molecule has 0 spiro atoms. The van der Waals surface area contributed by atoms with E-state index in [9.17, 15) is 14.9 Å². The van der Waals surface area contributed by atoms with Crippen LogP contribution in [0.25, 0.3) is 0 Å². The lowest BCUT2D eigenvalue weighted by Gasteiger charge is -2.09. The van der Waals surface area contributed by atoms with Crippen molar-refractivity contribution >= 4 is 33.3 Å². The van der Waals surface area contributed by atoms with Crippen molar-refractivity contribution in [3.05, 3.63) is 32.3 Å². The standard InChI is InChI=1S/C12H15BrN2O4/c1-8-6-9(13)10(7-11(8)15(18)19)14-5-3-2-4-12(16)17/h6-7,14H,2-5H2,1H3,(H,16,17). The number of aliphatic carboxylic acids is 1. The molecule has 104 valence electrons. The smallest absolute Gasteiger partial charge is 0.303 e. The fourth-order valence-electron chi connectivity index (χ4n) is 1.62. The van der Waals surface area contributed by atoms with Gasteiger partial charge in [0.2, 0.25) is 0 Å². The third-order valence-electron chi connectivity index (χ3n) is 2.62. The molecule has 1 aromatic carbocycles. The lowest BCUT2D eigenvalue weighted by Crippen LogP contribution is -2.04. The zero-order chi connectivity index (χ0) is 14.4. The molecule has 0 aliphatic heterocycles. The second kappa shape index (κ2) is 7.08. The highest BCUT2D eigenvalue weighted by Gasteiger charge is 2.13. The van der Waals surface area contributed by atoms with Crippen LogP contribution in [-0.2, 0) is 4.79 Å². The number of aryl methyl sites for hydroxylation is 1. The van der Waals surface area contributed by atoms with E-state index in [0.29, 0.717) is 30.6 Å².